The monoisotopic (exact) mass is 377 g/mol. The third kappa shape index (κ3) is 4.27. The summed E-state index contributed by atoms with van der Waals surface area (Å²) in [6.07, 6.45) is 1.67. The van der Waals surface area contributed by atoms with Gasteiger partial charge in [-0.05, 0) is 42.0 Å². The van der Waals surface area contributed by atoms with Crippen molar-refractivity contribution < 1.29 is 9.15 Å². The molecule has 1 N–H and O–H groups in total. The summed E-state index contributed by atoms with van der Waals surface area (Å²) in [6, 6.07) is 23.1. The molecule has 0 aliphatic rings. The molecule has 4 rings (SSSR count). The normalized spacial score (nSPS) is 11.1. The lowest BCUT2D eigenvalue weighted by Crippen LogP contribution is -1.99. The first-order valence-corrected chi connectivity index (χ1v) is 8.77. The van der Waals surface area contributed by atoms with Crippen LogP contribution in [0.3, 0.4) is 0 Å². The minimum atomic E-state index is 0.340. The average molecular weight is 378 g/mol. The van der Waals surface area contributed by atoms with Gasteiger partial charge in [0.1, 0.15) is 17.9 Å². The molecule has 0 amide bonds. The standard InChI is InChI=1S/C21H16ClN3O2/c22-17-11-9-15(10-12-17)14-26-19-7-3-1-5-16(19)13-23-25-21-24-18-6-2-4-8-20(18)27-21/h1-13H,14H2,(H,24,25)/b23-13+. The molecule has 0 radical (unpaired) electrons. The molecule has 0 aliphatic carbocycles. The van der Waals surface area contributed by atoms with Crippen LogP contribution in [0.25, 0.3) is 11.1 Å². The number of hydrazone groups is 1. The quantitative estimate of drug-likeness (QED) is 0.355. The van der Waals surface area contributed by atoms with Gasteiger partial charge in [0.25, 0.3) is 0 Å². The molecule has 5 nitrogen and oxygen atoms in total. The second-order valence-corrected chi connectivity index (χ2v) is 6.25. The van der Waals surface area contributed by atoms with Crippen LogP contribution in [-0.4, -0.2) is 11.2 Å². The van der Waals surface area contributed by atoms with E-state index in [0.717, 1.165) is 22.4 Å². The van der Waals surface area contributed by atoms with Gasteiger partial charge < -0.3 is 9.15 Å². The second kappa shape index (κ2) is 7.93. The number of fused-ring (bicyclic) bond motifs is 1. The maximum absolute atomic E-state index is 5.91. The molecule has 0 spiro atoms. The smallest absolute Gasteiger partial charge is 0.316 e. The van der Waals surface area contributed by atoms with Gasteiger partial charge >= 0.3 is 6.01 Å². The Kier molecular flexibility index (Phi) is 5.03. The lowest BCUT2D eigenvalue weighted by molar-refractivity contribution is 0.306. The van der Waals surface area contributed by atoms with E-state index < -0.39 is 0 Å². The number of benzene rings is 3. The van der Waals surface area contributed by atoms with E-state index in [-0.39, 0.29) is 0 Å². The summed E-state index contributed by atoms with van der Waals surface area (Å²) >= 11 is 5.91. The van der Waals surface area contributed by atoms with Crippen LogP contribution in [0.5, 0.6) is 5.75 Å². The summed E-state index contributed by atoms with van der Waals surface area (Å²) in [7, 11) is 0. The predicted octanol–water partition coefficient (Wildman–Crippen LogP) is 5.51. The van der Waals surface area contributed by atoms with Crippen molar-refractivity contribution in [3.05, 3.63) is 88.9 Å². The van der Waals surface area contributed by atoms with E-state index in [9.17, 15) is 0 Å². The zero-order valence-corrected chi connectivity index (χ0v) is 15.1. The number of nitrogens with one attached hydrogen (secondary N) is 1. The summed E-state index contributed by atoms with van der Waals surface area (Å²) < 4.78 is 11.5. The molecule has 0 atom stereocenters. The molecule has 4 aromatic rings. The van der Waals surface area contributed by atoms with Crippen LogP contribution in [0.15, 0.2) is 82.3 Å². The molecular weight excluding hydrogens is 362 g/mol. The zero-order valence-electron chi connectivity index (χ0n) is 14.3. The average Bonchev–Trinajstić information content (AvgIpc) is 3.11. The van der Waals surface area contributed by atoms with Gasteiger partial charge in [0.15, 0.2) is 5.58 Å². The first-order chi connectivity index (χ1) is 13.3. The second-order valence-electron chi connectivity index (χ2n) is 5.81. The van der Waals surface area contributed by atoms with Crippen LogP contribution in [0.4, 0.5) is 6.01 Å². The Morgan fingerprint density at radius 3 is 2.63 bits per heavy atom. The lowest BCUT2D eigenvalue weighted by atomic mass is 10.2. The van der Waals surface area contributed by atoms with Crippen molar-refractivity contribution in [1.82, 2.24) is 4.98 Å². The van der Waals surface area contributed by atoms with Gasteiger partial charge in [0.05, 0.1) is 6.21 Å². The highest BCUT2D eigenvalue weighted by Gasteiger charge is 2.04. The fourth-order valence-corrected chi connectivity index (χ4v) is 2.66. The Morgan fingerprint density at radius 1 is 1.00 bits per heavy atom. The van der Waals surface area contributed by atoms with Gasteiger partial charge in [-0.3, -0.25) is 0 Å². The van der Waals surface area contributed by atoms with Crippen molar-refractivity contribution in [2.45, 2.75) is 6.61 Å². The number of nitrogens with zero attached hydrogens (tertiary/aromatic N) is 2. The minimum absolute atomic E-state index is 0.340. The van der Waals surface area contributed by atoms with Gasteiger partial charge in [-0.15, -0.1) is 0 Å². The molecule has 0 saturated carbocycles. The van der Waals surface area contributed by atoms with E-state index in [1.165, 1.54) is 0 Å². The van der Waals surface area contributed by atoms with Gasteiger partial charge in [-0.25, -0.2) is 5.43 Å². The Balaban J connectivity index is 1.43. The largest absolute Gasteiger partial charge is 0.488 e. The highest BCUT2D eigenvalue weighted by molar-refractivity contribution is 6.30. The van der Waals surface area contributed by atoms with E-state index >= 15 is 0 Å². The number of hydrogen-bond acceptors (Lipinski definition) is 5. The summed E-state index contributed by atoms with van der Waals surface area (Å²) in [4.78, 5) is 4.32. The third-order valence-corrected chi connectivity index (χ3v) is 4.14. The van der Waals surface area contributed by atoms with Crippen LogP contribution < -0.4 is 10.2 Å². The summed E-state index contributed by atoms with van der Waals surface area (Å²) in [6.45, 7) is 0.445. The highest BCUT2D eigenvalue weighted by atomic mass is 35.5. The summed E-state index contributed by atoms with van der Waals surface area (Å²) in [5.41, 5.74) is 6.18. The number of hydrogen-bond donors (Lipinski definition) is 1. The van der Waals surface area contributed by atoms with Gasteiger partial charge in [-0.2, -0.15) is 10.1 Å². The minimum Gasteiger partial charge on any atom is -0.488 e. The molecule has 0 fully saturated rings. The maximum Gasteiger partial charge on any atom is 0.316 e. The Bertz CT molecular complexity index is 1040. The highest BCUT2D eigenvalue weighted by Crippen LogP contribution is 2.20. The molecule has 27 heavy (non-hydrogen) atoms. The van der Waals surface area contributed by atoms with Crippen molar-refractivity contribution >= 4 is 34.9 Å². The number of aromatic nitrogens is 1. The lowest BCUT2D eigenvalue weighted by Gasteiger charge is -2.09. The van der Waals surface area contributed by atoms with E-state index in [2.05, 4.69) is 15.5 Å². The molecule has 3 aromatic carbocycles. The fraction of sp³-hybridized carbons (Fsp3) is 0.0476. The number of halogens is 1. The van der Waals surface area contributed by atoms with Crippen LogP contribution in [0.2, 0.25) is 5.02 Å². The summed E-state index contributed by atoms with van der Waals surface area (Å²) in [5, 5.41) is 4.91. The van der Waals surface area contributed by atoms with Crippen LogP contribution in [0, 0.1) is 0 Å². The Morgan fingerprint density at radius 2 is 1.78 bits per heavy atom. The zero-order chi connectivity index (χ0) is 18.5. The molecule has 134 valence electrons. The van der Waals surface area contributed by atoms with E-state index in [0.29, 0.717) is 23.2 Å². The molecule has 6 heteroatoms. The predicted molar refractivity (Wildman–Crippen MR) is 107 cm³/mol. The topological polar surface area (TPSA) is 59.6 Å². The van der Waals surface area contributed by atoms with Gasteiger partial charge in [0.2, 0.25) is 0 Å². The number of ether oxygens (including phenoxy) is 1. The SMILES string of the molecule is Clc1ccc(COc2ccccc2/C=N/Nc2nc3ccccc3o2)cc1. The number of oxazole rings is 1. The fourth-order valence-electron chi connectivity index (χ4n) is 2.54. The van der Waals surface area contributed by atoms with Crippen molar-refractivity contribution in [1.29, 1.82) is 0 Å². The van der Waals surface area contributed by atoms with Crippen molar-refractivity contribution in [3.63, 3.8) is 0 Å². The van der Waals surface area contributed by atoms with Crippen LogP contribution in [0.1, 0.15) is 11.1 Å². The molecule has 0 unspecified atom stereocenters. The van der Waals surface area contributed by atoms with E-state index in [1.54, 1.807) is 6.21 Å². The van der Waals surface area contributed by atoms with E-state index in [1.807, 2.05) is 72.8 Å². The Hall–Kier alpha value is -3.31. The van der Waals surface area contributed by atoms with Crippen LogP contribution in [-0.2, 0) is 6.61 Å². The third-order valence-electron chi connectivity index (χ3n) is 3.88. The van der Waals surface area contributed by atoms with Crippen molar-refractivity contribution in [2.75, 3.05) is 5.43 Å². The van der Waals surface area contributed by atoms with E-state index in [4.69, 9.17) is 20.8 Å². The maximum atomic E-state index is 5.91. The molecule has 0 saturated heterocycles. The first kappa shape index (κ1) is 17.1. The molecule has 0 aliphatic heterocycles. The Labute approximate surface area is 161 Å². The van der Waals surface area contributed by atoms with Gasteiger partial charge in [-0.1, -0.05) is 48.0 Å². The molecule has 1 aromatic heterocycles. The molecular formula is C21H16ClN3O2. The number of rotatable bonds is 6. The molecule has 1 heterocycles. The van der Waals surface area contributed by atoms with Crippen LogP contribution >= 0.6 is 11.6 Å². The molecule has 0 bridgehead atoms. The van der Waals surface area contributed by atoms with Crippen molar-refractivity contribution in [3.8, 4) is 5.75 Å². The van der Waals surface area contributed by atoms with Gasteiger partial charge in [0, 0.05) is 10.6 Å². The number of anilines is 1. The number of para-hydroxylation sites is 3. The first-order valence-electron chi connectivity index (χ1n) is 8.39. The van der Waals surface area contributed by atoms with Crippen molar-refractivity contribution in [2.24, 2.45) is 5.10 Å². The summed E-state index contributed by atoms with van der Waals surface area (Å²) in [5.74, 6) is 0.732.